The fraction of sp³-hybridized carbons (Fsp3) is 0.647. The van der Waals surface area contributed by atoms with Crippen LogP contribution in [0.25, 0.3) is 0 Å². The molecule has 1 amide bonds. The van der Waals surface area contributed by atoms with E-state index in [1.807, 2.05) is 17.5 Å². The molecule has 1 fully saturated rings. The van der Waals surface area contributed by atoms with Crippen LogP contribution in [0, 0.1) is 5.92 Å². The molecule has 6 nitrogen and oxygen atoms in total. The van der Waals surface area contributed by atoms with Crippen LogP contribution < -0.4 is 0 Å². The molecule has 1 aliphatic heterocycles. The second kappa shape index (κ2) is 9.76. The maximum Gasteiger partial charge on any atom is 0.310 e. The second-order valence-corrected chi connectivity index (χ2v) is 7.01. The number of hydrogen-bond donors (Lipinski definition) is 0. The van der Waals surface area contributed by atoms with Crippen LogP contribution in [0.5, 0.6) is 0 Å². The smallest absolute Gasteiger partial charge is 0.310 e. The Morgan fingerprint density at radius 3 is 2.79 bits per heavy atom. The SMILES string of the molecule is COC(=O)C(C)CN(CCN1CCOCC1)C(=O)Cc1cccs1. The van der Waals surface area contributed by atoms with E-state index in [-0.39, 0.29) is 17.8 Å². The van der Waals surface area contributed by atoms with E-state index in [1.54, 1.807) is 23.2 Å². The number of ether oxygens (including phenoxy) is 2. The van der Waals surface area contributed by atoms with E-state index < -0.39 is 0 Å². The highest BCUT2D eigenvalue weighted by molar-refractivity contribution is 7.10. The Kier molecular flexibility index (Phi) is 7.68. The van der Waals surface area contributed by atoms with Gasteiger partial charge in [0, 0.05) is 37.6 Å². The van der Waals surface area contributed by atoms with Gasteiger partial charge in [-0.15, -0.1) is 11.3 Å². The van der Waals surface area contributed by atoms with Gasteiger partial charge in [0.2, 0.25) is 5.91 Å². The lowest BCUT2D eigenvalue weighted by atomic mass is 10.1. The molecular formula is C17H26N2O4S. The van der Waals surface area contributed by atoms with E-state index >= 15 is 0 Å². The van der Waals surface area contributed by atoms with Gasteiger partial charge in [0.05, 0.1) is 32.7 Å². The van der Waals surface area contributed by atoms with Gasteiger partial charge in [-0.3, -0.25) is 14.5 Å². The Hall–Kier alpha value is -1.44. The van der Waals surface area contributed by atoms with Crippen molar-refractivity contribution < 1.29 is 19.1 Å². The van der Waals surface area contributed by atoms with E-state index in [9.17, 15) is 9.59 Å². The van der Waals surface area contributed by atoms with E-state index in [1.165, 1.54) is 7.11 Å². The number of esters is 1. The lowest BCUT2D eigenvalue weighted by Crippen LogP contribution is -2.45. The molecule has 1 unspecified atom stereocenters. The van der Waals surface area contributed by atoms with Crippen LogP contribution in [0.3, 0.4) is 0 Å². The average molecular weight is 354 g/mol. The minimum atomic E-state index is -0.327. The van der Waals surface area contributed by atoms with E-state index in [4.69, 9.17) is 9.47 Å². The Morgan fingerprint density at radius 2 is 2.17 bits per heavy atom. The summed E-state index contributed by atoms with van der Waals surface area (Å²) < 4.78 is 10.1. The van der Waals surface area contributed by atoms with Gasteiger partial charge in [0.15, 0.2) is 0 Å². The summed E-state index contributed by atoms with van der Waals surface area (Å²) in [7, 11) is 1.38. The molecule has 0 saturated carbocycles. The van der Waals surface area contributed by atoms with Crippen molar-refractivity contribution in [2.45, 2.75) is 13.3 Å². The third-order valence-corrected chi connectivity index (χ3v) is 5.02. The Labute approximate surface area is 147 Å². The largest absolute Gasteiger partial charge is 0.469 e. The van der Waals surface area contributed by atoms with Crippen LogP contribution in [0.15, 0.2) is 17.5 Å². The maximum absolute atomic E-state index is 12.7. The van der Waals surface area contributed by atoms with Crippen LogP contribution in [0.2, 0.25) is 0 Å². The van der Waals surface area contributed by atoms with Gasteiger partial charge in [-0.05, 0) is 11.4 Å². The van der Waals surface area contributed by atoms with Crippen LogP contribution in [-0.2, 0) is 25.5 Å². The molecule has 0 radical (unpaired) electrons. The minimum absolute atomic E-state index is 0.0569. The number of thiophene rings is 1. The second-order valence-electron chi connectivity index (χ2n) is 5.97. The average Bonchev–Trinajstić information content (AvgIpc) is 3.11. The van der Waals surface area contributed by atoms with Gasteiger partial charge in [-0.2, -0.15) is 0 Å². The van der Waals surface area contributed by atoms with Crippen LogP contribution in [0.1, 0.15) is 11.8 Å². The normalized spacial score (nSPS) is 16.6. The summed E-state index contributed by atoms with van der Waals surface area (Å²) in [4.78, 5) is 29.5. The molecule has 24 heavy (non-hydrogen) atoms. The molecule has 7 heteroatoms. The molecule has 2 heterocycles. The third kappa shape index (κ3) is 5.89. The first-order valence-corrected chi connectivity index (χ1v) is 9.16. The molecule has 2 rings (SSSR count). The van der Waals surface area contributed by atoms with Crippen molar-refractivity contribution in [1.29, 1.82) is 0 Å². The fourth-order valence-electron chi connectivity index (χ4n) is 2.69. The molecule has 1 atom stereocenters. The quantitative estimate of drug-likeness (QED) is 0.658. The van der Waals surface area contributed by atoms with E-state index in [2.05, 4.69) is 4.90 Å². The van der Waals surface area contributed by atoms with Crippen LogP contribution >= 0.6 is 11.3 Å². The Morgan fingerprint density at radius 1 is 1.42 bits per heavy atom. The van der Waals surface area contributed by atoms with Crippen molar-refractivity contribution in [1.82, 2.24) is 9.80 Å². The third-order valence-electron chi connectivity index (χ3n) is 4.15. The van der Waals surface area contributed by atoms with Gasteiger partial charge in [0.25, 0.3) is 0 Å². The maximum atomic E-state index is 12.7. The van der Waals surface area contributed by atoms with Crippen molar-refractivity contribution in [2.75, 3.05) is 53.0 Å². The van der Waals surface area contributed by atoms with Crippen LogP contribution in [-0.4, -0.2) is 74.7 Å². The summed E-state index contributed by atoms with van der Waals surface area (Å²) in [6, 6.07) is 3.91. The summed E-state index contributed by atoms with van der Waals surface area (Å²) in [6.45, 7) is 6.86. The standard InChI is InChI=1S/C17H26N2O4S/c1-14(17(21)22-2)13-19(6-5-18-7-9-23-10-8-18)16(20)12-15-4-3-11-24-15/h3-4,11,14H,5-10,12-13H2,1-2H3. The fourth-order valence-corrected chi connectivity index (χ4v) is 3.38. The van der Waals surface area contributed by atoms with Crippen molar-refractivity contribution in [2.24, 2.45) is 5.92 Å². The highest BCUT2D eigenvalue weighted by Crippen LogP contribution is 2.12. The molecule has 0 aliphatic carbocycles. The Balaban J connectivity index is 1.93. The number of morpholine rings is 1. The highest BCUT2D eigenvalue weighted by Gasteiger charge is 2.23. The zero-order valence-corrected chi connectivity index (χ0v) is 15.2. The number of carbonyl (C=O) groups excluding carboxylic acids is 2. The predicted octanol–water partition coefficient (Wildman–Crippen LogP) is 1.26. The number of hydrogen-bond acceptors (Lipinski definition) is 6. The molecule has 0 spiro atoms. The van der Waals surface area contributed by atoms with Gasteiger partial charge in [0.1, 0.15) is 0 Å². The zero-order chi connectivity index (χ0) is 17.4. The van der Waals surface area contributed by atoms with Crippen LogP contribution in [0.4, 0.5) is 0 Å². The number of rotatable bonds is 8. The lowest BCUT2D eigenvalue weighted by Gasteiger charge is -2.31. The molecule has 0 aromatic carbocycles. The molecule has 1 saturated heterocycles. The summed E-state index contributed by atoms with van der Waals surface area (Å²) in [5.74, 6) is -0.552. The molecular weight excluding hydrogens is 328 g/mol. The van der Waals surface area contributed by atoms with Crippen molar-refractivity contribution in [3.05, 3.63) is 22.4 Å². The first-order chi connectivity index (χ1) is 11.6. The van der Waals surface area contributed by atoms with E-state index in [0.717, 1.165) is 37.7 Å². The summed E-state index contributed by atoms with van der Waals surface area (Å²) >= 11 is 1.58. The lowest BCUT2D eigenvalue weighted by molar-refractivity contribution is -0.146. The minimum Gasteiger partial charge on any atom is -0.469 e. The summed E-state index contributed by atoms with van der Waals surface area (Å²) in [5, 5.41) is 1.97. The molecule has 0 N–H and O–H groups in total. The number of amides is 1. The van der Waals surface area contributed by atoms with E-state index in [0.29, 0.717) is 19.5 Å². The molecule has 1 aromatic heterocycles. The van der Waals surface area contributed by atoms with Gasteiger partial charge < -0.3 is 14.4 Å². The Bertz CT molecular complexity index is 515. The molecule has 134 valence electrons. The number of carbonyl (C=O) groups is 2. The molecule has 1 aliphatic rings. The van der Waals surface area contributed by atoms with Gasteiger partial charge in [-0.1, -0.05) is 13.0 Å². The van der Waals surface area contributed by atoms with Crippen molar-refractivity contribution >= 4 is 23.2 Å². The monoisotopic (exact) mass is 354 g/mol. The topological polar surface area (TPSA) is 59.1 Å². The van der Waals surface area contributed by atoms with Crippen molar-refractivity contribution in [3.8, 4) is 0 Å². The predicted molar refractivity (Wildman–Crippen MR) is 93.0 cm³/mol. The number of nitrogens with zero attached hydrogens (tertiary/aromatic N) is 2. The zero-order valence-electron chi connectivity index (χ0n) is 14.4. The summed E-state index contributed by atoms with van der Waals surface area (Å²) in [5.41, 5.74) is 0. The molecule has 0 bridgehead atoms. The molecule has 1 aromatic rings. The highest BCUT2D eigenvalue weighted by atomic mass is 32.1. The number of methoxy groups -OCH3 is 1. The first kappa shape index (κ1) is 18.9. The van der Waals surface area contributed by atoms with Gasteiger partial charge >= 0.3 is 5.97 Å². The first-order valence-electron chi connectivity index (χ1n) is 8.28. The summed E-state index contributed by atoms with van der Waals surface area (Å²) in [6.07, 6.45) is 0.384. The van der Waals surface area contributed by atoms with Gasteiger partial charge in [-0.25, -0.2) is 0 Å². The van der Waals surface area contributed by atoms with Crippen molar-refractivity contribution in [3.63, 3.8) is 0 Å².